The Balaban J connectivity index is 1.71. The zero-order valence-corrected chi connectivity index (χ0v) is 10.2. The molecule has 0 bridgehead atoms. The first-order chi connectivity index (χ1) is 7.86. The van der Waals surface area contributed by atoms with Crippen molar-refractivity contribution in [3.8, 4) is 0 Å². The van der Waals surface area contributed by atoms with Gasteiger partial charge in [0.15, 0.2) is 0 Å². The molecule has 1 unspecified atom stereocenters. The minimum absolute atomic E-state index is 0.699. The van der Waals surface area contributed by atoms with Crippen LogP contribution in [0.5, 0.6) is 0 Å². The van der Waals surface area contributed by atoms with Crippen LogP contribution in [0.2, 0.25) is 0 Å². The van der Waals surface area contributed by atoms with E-state index in [1.807, 2.05) is 0 Å². The number of hydrogen-bond acceptors (Lipinski definition) is 2. The van der Waals surface area contributed by atoms with Gasteiger partial charge in [0.2, 0.25) is 0 Å². The van der Waals surface area contributed by atoms with Gasteiger partial charge >= 0.3 is 0 Å². The van der Waals surface area contributed by atoms with E-state index >= 15 is 0 Å². The van der Waals surface area contributed by atoms with Gasteiger partial charge in [-0.3, -0.25) is 4.90 Å². The quantitative estimate of drug-likeness (QED) is 0.830. The molecule has 1 aliphatic heterocycles. The van der Waals surface area contributed by atoms with Crippen LogP contribution in [0.15, 0.2) is 30.3 Å². The minimum atomic E-state index is 0.699. The Bertz CT molecular complexity index is 297. The third kappa shape index (κ3) is 3.32. The highest BCUT2D eigenvalue weighted by atomic mass is 15.2. The lowest BCUT2D eigenvalue weighted by Crippen LogP contribution is -2.49. The van der Waals surface area contributed by atoms with Crippen molar-refractivity contribution >= 4 is 0 Å². The molecule has 1 aromatic rings. The van der Waals surface area contributed by atoms with Gasteiger partial charge in [0.1, 0.15) is 0 Å². The Morgan fingerprint density at radius 3 is 2.88 bits per heavy atom. The molecule has 16 heavy (non-hydrogen) atoms. The Morgan fingerprint density at radius 1 is 1.31 bits per heavy atom. The lowest BCUT2D eigenvalue weighted by Gasteiger charge is -2.33. The molecule has 0 spiro atoms. The van der Waals surface area contributed by atoms with E-state index in [4.69, 9.17) is 0 Å². The molecule has 0 saturated carbocycles. The van der Waals surface area contributed by atoms with Crippen LogP contribution in [-0.4, -0.2) is 37.1 Å². The molecule has 2 heteroatoms. The van der Waals surface area contributed by atoms with E-state index in [1.54, 1.807) is 0 Å². The van der Waals surface area contributed by atoms with Gasteiger partial charge in [0, 0.05) is 25.7 Å². The molecule has 1 saturated heterocycles. The predicted molar refractivity (Wildman–Crippen MR) is 68.7 cm³/mol. The first kappa shape index (κ1) is 11.6. The molecule has 1 fully saturated rings. The molecular formula is C14H22N2. The normalized spacial score (nSPS) is 22.2. The van der Waals surface area contributed by atoms with Gasteiger partial charge < -0.3 is 5.32 Å². The van der Waals surface area contributed by atoms with E-state index in [9.17, 15) is 0 Å². The topological polar surface area (TPSA) is 15.3 Å². The Labute approximate surface area is 98.7 Å². The summed E-state index contributed by atoms with van der Waals surface area (Å²) in [6, 6.07) is 11.5. The van der Waals surface area contributed by atoms with Crippen molar-refractivity contribution < 1.29 is 0 Å². The second-order valence-corrected chi connectivity index (χ2v) is 4.68. The van der Waals surface area contributed by atoms with E-state index in [2.05, 4.69) is 47.5 Å². The number of benzene rings is 1. The standard InChI is InChI=1S/C14H22N2/c1-13-12-15-9-11-16(13)10-5-8-14-6-3-2-4-7-14/h2-4,6-7,13,15H,5,8-12H2,1H3. The smallest absolute Gasteiger partial charge is 0.0192 e. The highest BCUT2D eigenvalue weighted by molar-refractivity contribution is 5.14. The van der Waals surface area contributed by atoms with Crippen LogP contribution in [0.4, 0.5) is 0 Å². The van der Waals surface area contributed by atoms with Crippen molar-refractivity contribution in [1.82, 2.24) is 10.2 Å². The van der Waals surface area contributed by atoms with Crippen molar-refractivity contribution in [2.24, 2.45) is 0 Å². The molecular weight excluding hydrogens is 196 g/mol. The molecule has 2 rings (SSSR count). The first-order valence-electron chi connectivity index (χ1n) is 6.35. The van der Waals surface area contributed by atoms with Crippen LogP contribution in [0.3, 0.4) is 0 Å². The fraction of sp³-hybridized carbons (Fsp3) is 0.571. The SMILES string of the molecule is CC1CNCCN1CCCc1ccccc1. The summed E-state index contributed by atoms with van der Waals surface area (Å²) < 4.78 is 0. The number of nitrogens with one attached hydrogen (secondary N) is 1. The largest absolute Gasteiger partial charge is 0.314 e. The fourth-order valence-corrected chi connectivity index (χ4v) is 2.35. The maximum atomic E-state index is 3.43. The lowest BCUT2D eigenvalue weighted by atomic mass is 10.1. The number of hydrogen-bond donors (Lipinski definition) is 1. The third-order valence-corrected chi connectivity index (χ3v) is 3.39. The Kier molecular flexibility index (Phi) is 4.37. The zero-order chi connectivity index (χ0) is 11.2. The predicted octanol–water partition coefficient (Wildman–Crippen LogP) is 1.91. The summed E-state index contributed by atoms with van der Waals surface area (Å²) in [7, 11) is 0. The molecule has 1 N–H and O–H groups in total. The highest BCUT2D eigenvalue weighted by Gasteiger charge is 2.16. The minimum Gasteiger partial charge on any atom is -0.314 e. The van der Waals surface area contributed by atoms with Crippen molar-refractivity contribution in [2.75, 3.05) is 26.2 Å². The van der Waals surface area contributed by atoms with E-state index in [0.717, 1.165) is 13.1 Å². The molecule has 2 nitrogen and oxygen atoms in total. The monoisotopic (exact) mass is 218 g/mol. The molecule has 0 amide bonds. The highest BCUT2D eigenvalue weighted by Crippen LogP contribution is 2.07. The van der Waals surface area contributed by atoms with Crippen LogP contribution in [-0.2, 0) is 6.42 Å². The van der Waals surface area contributed by atoms with Crippen LogP contribution in [0.25, 0.3) is 0 Å². The molecule has 0 aromatic heterocycles. The Morgan fingerprint density at radius 2 is 2.12 bits per heavy atom. The van der Waals surface area contributed by atoms with Gasteiger partial charge in [-0.25, -0.2) is 0 Å². The van der Waals surface area contributed by atoms with Crippen LogP contribution < -0.4 is 5.32 Å². The average molecular weight is 218 g/mol. The fourth-order valence-electron chi connectivity index (χ4n) is 2.35. The molecule has 88 valence electrons. The van der Waals surface area contributed by atoms with E-state index in [1.165, 1.54) is 31.5 Å². The summed E-state index contributed by atoms with van der Waals surface area (Å²) in [4.78, 5) is 2.60. The summed E-state index contributed by atoms with van der Waals surface area (Å²) in [5.41, 5.74) is 1.46. The number of rotatable bonds is 4. The second-order valence-electron chi connectivity index (χ2n) is 4.68. The van der Waals surface area contributed by atoms with Gasteiger partial charge in [-0.1, -0.05) is 30.3 Å². The third-order valence-electron chi connectivity index (χ3n) is 3.39. The van der Waals surface area contributed by atoms with Gasteiger partial charge in [-0.05, 0) is 31.9 Å². The first-order valence-corrected chi connectivity index (χ1v) is 6.35. The van der Waals surface area contributed by atoms with Gasteiger partial charge in [0.25, 0.3) is 0 Å². The summed E-state index contributed by atoms with van der Waals surface area (Å²) in [5.74, 6) is 0. The van der Waals surface area contributed by atoms with Gasteiger partial charge in [0.05, 0.1) is 0 Å². The van der Waals surface area contributed by atoms with E-state index in [-0.39, 0.29) is 0 Å². The number of aryl methyl sites for hydroxylation is 1. The summed E-state index contributed by atoms with van der Waals surface area (Å²) >= 11 is 0. The molecule has 1 heterocycles. The van der Waals surface area contributed by atoms with Crippen molar-refractivity contribution in [1.29, 1.82) is 0 Å². The van der Waals surface area contributed by atoms with Crippen molar-refractivity contribution in [3.05, 3.63) is 35.9 Å². The van der Waals surface area contributed by atoms with Gasteiger partial charge in [-0.15, -0.1) is 0 Å². The number of piperazine rings is 1. The van der Waals surface area contributed by atoms with Crippen molar-refractivity contribution in [3.63, 3.8) is 0 Å². The lowest BCUT2D eigenvalue weighted by molar-refractivity contribution is 0.172. The Hall–Kier alpha value is -0.860. The molecule has 1 aromatic carbocycles. The van der Waals surface area contributed by atoms with E-state index in [0.29, 0.717) is 6.04 Å². The summed E-state index contributed by atoms with van der Waals surface area (Å²) in [6.45, 7) is 7.05. The molecule has 0 radical (unpaired) electrons. The molecule has 1 atom stereocenters. The maximum absolute atomic E-state index is 3.43. The maximum Gasteiger partial charge on any atom is 0.0192 e. The average Bonchev–Trinajstić information content (AvgIpc) is 2.33. The molecule has 1 aliphatic rings. The van der Waals surface area contributed by atoms with E-state index < -0.39 is 0 Å². The van der Waals surface area contributed by atoms with Crippen LogP contribution >= 0.6 is 0 Å². The van der Waals surface area contributed by atoms with Crippen molar-refractivity contribution in [2.45, 2.75) is 25.8 Å². The summed E-state index contributed by atoms with van der Waals surface area (Å²) in [6.07, 6.45) is 2.48. The molecule has 0 aliphatic carbocycles. The van der Waals surface area contributed by atoms with Crippen LogP contribution in [0.1, 0.15) is 18.9 Å². The number of nitrogens with zero attached hydrogens (tertiary/aromatic N) is 1. The van der Waals surface area contributed by atoms with Gasteiger partial charge in [-0.2, -0.15) is 0 Å². The zero-order valence-electron chi connectivity index (χ0n) is 10.2. The van der Waals surface area contributed by atoms with Crippen LogP contribution in [0, 0.1) is 0 Å². The summed E-state index contributed by atoms with van der Waals surface area (Å²) in [5, 5.41) is 3.43. The second kappa shape index (κ2) is 6.02.